The molecule has 0 fully saturated rings. The maximum absolute atomic E-state index is 13.1. The highest BCUT2D eigenvalue weighted by atomic mass is 35.5. The van der Waals surface area contributed by atoms with Crippen LogP contribution in [0.1, 0.15) is 12.0 Å². The van der Waals surface area contributed by atoms with E-state index in [1.54, 1.807) is 6.07 Å². The first-order valence-corrected chi connectivity index (χ1v) is 7.13. The molecule has 7 heteroatoms. The van der Waals surface area contributed by atoms with Gasteiger partial charge < -0.3 is 5.32 Å². The van der Waals surface area contributed by atoms with Crippen molar-refractivity contribution in [2.75, 3.05) is 12.3 Å². The zero-order valence-corrected chi connectivity index (χ0v) is 10.7. The van der Waals surface area contributed by atoms with E-state index >= 15 is 0 Å². The van der Waals surface area contributed by atoms with E-state index in [4.69, 9.17) is 16.7 Å². The smallest absolute Gasteiger partial charge is 0.209 e. The van der Waals surface area contributed by atoms with Crippen LogP contribution in [0.2, 0.25) is 5.02 Å². The normalized spacial score (nSPS) is 11.7. The van der Waals surface area contributed by atoms with Crippen molar-refractivity contribution in [2.45, 2.75) is 13.0 Å². The van der Waals surface area contributed by atoms with E-state index in [1.165, 1.54) is 12.1 Å². The van der Waals surface area contributed by atoms with E-state index in [0.717, 1.165) is 5.56 Å². The third-order valence-electron chi connectivity index (χ3n) is 2.10. The molecule has 0 heterocycles. The Hall–Kier alpha value is -0.690. The Balaban J connectivity index is 2.29. The number of nitrogens with one attached hydrogen (secondary N) is 1. The Labute approximate surface area is 105 Å². The van der Waals surface area contributed by atoms with Gasteiger partial charge >= 0.3 is 0 Å². The van der Waals surface area contributed by atoms with Crippen molar-refractivity contribution in [2.24, 2.45) is 5.14 Å². The van der Waals surface area contributed by atoms with Crippen molar-refractivity contribution in [3.8, 4) is 0 Å². The SMILES string of the molecule is NS(=O)(=O)CCCNCc1ccc(Cl)c(F)c1. The number of benzene rings is 1. The molecule has 17 heavy (non-hydrogen) atoms. The predicted molar refractivity (Wildman–Crippen MR) is 65.7 cm³/mol. The molecule has 1 rings (SSSR count). The Kier molecular flexibility index (Phi) is 5.32. The van der Waals surface area contributed by atoms with Crippen molar-refractivity contribution >= 4 is 21.6 Å². The molecule has 1 aromatic carbocycles. The van der Waals surface area contributed by atoms with Crippen molar-refractivity contribution in [1.29, 1.82) is 0 Å². The molecule has 0 unspecified atom stereocenters. The minimum Gasteiger partial charge on any atom is -0.313 e. The van der Waals surface area contributed by atoms with E-state index in [0.29, 0.717) is 19.5 Å². The maximum atomic E-state index is 13.1. The summed E-state index contributed by atoms with van der Waals surface area (Å²) in [7, 11) is -3.40. The highest BCUT2D eigenvalue weighted by molar-refractivity contribution is 7.89. The first kappa shape index (κ1) is 14.4. The van der Waals surface area contributed by atoms with Gasteiger partial charge in [0.1, 0.15) is 5.82 Å². The van der Waals surface area contributed by atoms with E-state index in [-0.39, 0.29) is 10.8 Å². The van der Waals surface area contributed by atoms with Crippen molar-refractivity contribution in [1.82, 2.24) is 5.32 Å². The molecule has 0 aliphatic rings. The van der Waals surface area contributed by atoms with E-state index in [1.807, 2.05) is 0 Å². The molecular weight excluding hydrogens is 267 g/mol. The van der Waals surface area contributed by atoms with Crippen molar-refractivity contribution in [3.05, 3.63) is 34.6 Å². The summed E-state index contributed by atoms with van der Waals surface area (Å²) in [4.78, 5) is 0. The van der Waals surface area contributed by atoms with Crippen LogP contribution in [0.5, 0.6) is 0 Å². The number of primary sulfonamides is 1. The van der Waals surface area contributed by atoms with Gasteiger partial charge in [0.15, 0.2) is 0 Å². The minimum absolute atomic E-state index is 0.0605. The fourth-order valence-electron chi connectivity index (χ4n) is 1.28. The van der Waals surface area contributed by atoms with E-state index < -0.39 is 15.8 Å². The molecule has 0 saturated carbocycles. The Bertz CT molecular complexity index is 479. The van der Waals surface area contributed by atoms with E-state index in [9.17, 15) is 12.8 Å². The Morgan fingerprint density at radius 2 is 2.12 bits per heavy atom. The summed E-state index contributed by atoms with van der Waals surface area (Å²) >= 11 is 5.54. The monoisotopic (exact) mass is 280 g/mol. The summed E-state index contributed by atoms with van der Waals surface area (Å²) in [5, 5.41) is 7.92. The van der Waals surface area contributed by atoms with Gasteiger partial charge in [-0.2, -0.15) is 0 Å². The maximum Gasteiger partial charge on any atom is 0.209 e. The number of halogens is 2. The van der Waals surface area contributed by atoms with Gasteiger partial charge in [-0.05, 0) is 30.7 Å². The molecule has 0 atom stereocenters. The lowest BCUT2D eigenvalue weighted by Gasteiger charge is -2.05. The molecule has 0 aliphatic carbocycles. The van der Waals surface area contributed by atoms with Crippen LogP contribution in [0.4, 0.5) is 4.39 Å². The molecular formula is C10H14ClFN2O2S. The number of hydrogen-bond acceptors (Lipinski definition) is 3. The lowest BCUT2D eigenvalue weighted by molar-refractivity contribution is 0.590. The third-order valence-corrected chi connectivity index (χ3v) is 3.26. The van der Waals surface area contributed by atoms with Gasteiger partial charge in [-0.3, -0.25) is 0 Å². The molecule has 0 saturated heterocycles. The molecule has 4 nitrogen and oxygen atoms in total. The molecule has 0 amide bonds. The van der Waals surface area contributed by atoms with Gasteiger partial charge in [-0.25, -0.2) is 17.9 Å². The van der Waals surface area contributed by atoms with E-state index in [2.05, 4.69) is 5.32 Å². The van der Waals surface area contributed by atoms with Crippen molar-refractivity contribution in [3.63, 3.8) is 0 Å². The number of rotatable bonds is 6. The van der Waals surface area contributed by atoms with Gasteiger partial charge in [0, 0.05) is 6.54 Å². The lowest BCUT2D eigenvalue weighted by atomic mass is 10.2. The second-order valence-electron chi connectivity index (χ2n) is 3.65. The zero-order chi connectivity index (χ0) is 12.9. The highest BCUT2D eigenvalue weighted by Crippen LogP contribution is 2.15. The Morgan fingerprint density at radius 3 is 2.71 bits per heavy atom. The predicted octanol–water partition coefficient (Wildman–Crippen LogP) is 1.25. The van der Waals surface area contributed by atoms with Crippen LogP contribution in [-0.2, 0) is 16.6 Å². The highest BCUT2D eigenvalue weighted by Gasteiger charge is 2.02. The second kappa shape index (κ2) is 6.30. The molecule has 0 aliphatic heterocycles. The van der Waals surface area contributed by atoms with Crippen LogP contribution in [0, 0.1) is 5.82 Å². The molecule has 0 aromatic heterocycles. The van der Waals surface area contributed by atoms with Crippen molar-refractivity contribution < 1.29 is 12.8 Å². The number of nitrogens with two attached hydrogens (primary N) is 1. The molecule has 0 bridgehead atoms. The molecule has 1 aromatic rings. The fraction of sp³-hybridized carbons (Fsp3) is 0.400. The van der Waals surface area contributed by atoms with Gasteiger partial charge in [0.25, 0.3) is 0 Å². The zero-order valence-electron chi connectivity index (χ0n) is 9.12. The second-order valence-corrected chi connectivity index (χ2v) is 5.79. The summed E-state index contributed by atoms with van der Waals surface area (Å²) in [6.45, 7) is 0.958. The van der Waals surface area contributed by atoms with Gasteiger partial charge in [-0.15, -0.1) is 0 Å². The average Bonchev–Trinajstić information content (AvgIpc) is 2.21. The average molecular weight is 281 g/mol. The number of sulfonamides is 1. The molecule has 0 radical (unpaired) electrons. The van der Waals surface area contributed by atoms with Crippen LogP contribution in [-0.4, -0.2) is 20.7 Å². The quantitative estimate of drug-likeness (QED) is 0.770. The minimum atomic E-state index is -3.40. The molecule has 0 spiro atoms. The van der Waals surface area contributed by atoms with Gasteiger partial charge in [-0.1, -0.05) is 17.7 Å². The topological polar surface area (TPSA) is 72.2 Å². The summed E-state index contributed by atoms with van der Waals surface area (Å²) in [6.07, 6.45) is 0.426. The lowest BCUT2D eigenvalue weighted by Crippen LogP contribution is -2.22. The first-order chi connectivity index (χ1) is 7.88. The van der Waals surface area contributed by atoms with Crippen LogP contribution < -0.4 is 10.5 Å². The largest absolute Gasteiger partial charge is 0.313 e. The van der Waals surface area contributed by atoms with Gasteiger partial charge in [0.2, 0.25) is 10.0 Å². The standard InChI is InChI=1S/C10H14ClFN2O2S/c11-9-3-2-8(6-10(9)12)7-14-4-1-5-17(13,15)16/h2-3,6,14H,1,4-5,7H2,(H2,13,15,16). The van der Waals surface area contributed by atoms with Gasteiger partial charge in [0.05, 0.1) is 10.8 Å². The summed E-state index contributed by atoms with van der Waals surface area (Å²) in [6, 6.07) is 4.53. The third kappa shape index (κ3) is 5.97. The first-order valence-electron chi connectivity index (χ1n) is 5.03. The van der Waals surface area contributed by atoms with Crippen LogP contribution in [0.15, 0.2) is 18.2 Å². The van der Waals surface area contributed by atoms with Crippen LogP contribution in [0.25, 0.3) is 0 Å². The Morgan fingerprint density at radius 1 is 1.41 bits per heavy atom. The number of hydrogen-bond donors (Lipinski definition) is 2. The summed E-state index contributed by atoms with van der Waals surface area (Å²) in [5.74, 6) is -0.523. The summed E-state index contributed by atoms with van der Waals surface area (Å²) in [5.41, 5.74) is 0.752. The van der Waals surface area contributed by atoms with Crippen LogP contribution >= 0.6 is 11.6 Å². The van der Waals surface area contributed by atoms with Crippen LogP contribution in [0.3, 0.4) is 0 Å². The fourth-order valence-corrected chi connectivity index (χ4v) is 1.94. The molecule has 3 N–H and O–H groups in total. The molecule has 96 valence electrons. The summed E-state index contributed by atoms with van der Waals surface area (Å²) < 4.78 is 34.3.